The Hall–Kier alpha value is -2.89. The van der Waals surface area contributed by atoms with Crippen molar-refractivity contribution in [2.24, 2.45) is 0 Å². The third-order valence-electron chi connectivity index (χ3n) is 4.79. The number of ether oxygens (including phenoxy) is 3. The highest BCUT2D eigenvalue weighted by molar-refractivity contribution is 5.82. The third kappa shape index (κ3) is 3.27. The second kappa shape index (κ2) is 7.15. The van der Waals surface area contributed by atoms with Crippen molar-refractivity contribution < 1.29 is 19.0 Å². The summed E-state index contributed by atoms with van der Waals surface area (Å²) in [6.45, 7) is 3.15. The minimum Gasteiger partial charge on any atom is -0.497 e. The maximum absolute atomic E-state index is 12.8. The first kappa shape index (κ1) is 16.6. The molecule has 1 amide bonds. The smallest absolute Gasteiger partial charge is 0.267 e. The molecule has 2 aromatic rings. The number of fused-ring (bicyclic) bond motifs is 1. The Labute approximate surface area is 152 Å². The number of para-hydroxylation sites is 2. The highest BCUT2D eigenvalue weighted by Crippen LogP contribution is 2.31. The van der Waals surface area contributed by atoms with Gasteiger partial charge in [-0.25, -0.2) is 0 Å². The lowest BCUT2D eigenvalue weighted by Gasteiger charge is -2.38. The van der Waals surface area contributed by atoms with Gasteiger partial charge in [-0.15, -0.1) is 0 Å². The van der Waals surface area contributed by atoms with Crippen LogP contribution >= 0.6 is 0 Å². The lowest BCUT2D eigenvalue weighted by atomic mass is 10.2. The number of benzene rings is 2. The monoisotopic (exact) mass is 354 g/mol. The van der Waals surface area contributed by atoms with Crippen LogP contribution in [-0.4, -0.2) is 56.8 Å². The van der Waals surface area contributed by atoms with Crippen LogP contribution in [0, 0.1) is 0 Å². The van der Waals surface area contributed by atoms with Gasteiger partial charge in [0.25, 0.3) is 5.91 Å². The van der Waals surface area contributed by atoms with E-state index in [1.54, 1.807) is 7.11 Å². The molecule has 1 saturated heterocycles. The Morgan fingerprint density at radius 2 is 1.81 bits per heavy atom. The Balaban J connectivity index is 1.37. The average molecular weight is 354 g/mol. The molecule has 0 aliphatic carbocycles. The van der Waals surface area contributed by atoms with E-state index in [0.717, 1.165) is 24.5 Å². The number of methoxy groups -OCH3 is 1. The van der Waals surface area contributed by atoms with E-state index in [-0.39, 0.29) is 12.5 Å². The molecule has 0 N–H and O–H groups in total. The van der Waals surface area contributed by atoms with E-state index in [1.165, 1.54) is 0 Å². The number of nitrogens with zero attached hydrogens (tertiary/aromatic N) is 2. The number of hydrogen-bond acceptors (Lipinski definition) is 5. The molecule has 0 saturated carbocycles. The Kier molecular flexibility index (Phi) is 4.56. The van der Waals surface area contributed by atoms with Crippen molar-refractivity contribution in [2.75, 3.05) is 44.8 Å². The van der Waals surface area contributed by atoms with Crippen molar-refractivity contribution in [1.82, 2.24) is 4.90 Å². The van der Waals surface area contributed by atoms with Gasteiger partial charge in [0.1, 0.15) is 12.4 Å². The van der Waals surface area contributed by atoms with E-state index in [9.17, 15) is 4.79 Å². The molecular weight excluding hydrogens is 332 g/mol. The second-order valence-electron chi connectivity index (χ2n) is 6.38. The van der Waals surface area contributed by atoms with Gasteiger partial charge in [-0.1, -0.05) is 18.2 Å². The molecule has 4 rings (SSSR count). The van der Waals surface area contributed by atoms with Gasteiger partial charge in [-0.2, -0.15) is 0 Å². The van der Waals surface area contributed by atoms with Crippen LogP contribution in [0.5, 0.6) is 17.2 Å². The zero-order chi connectivity index (χ0) is 17.9. The number of amides is 1. The van der Waals surface area contributed by atoms with Crippen LogP contribution in [0.15, 0.2) is 48.5 Å². The number of carbonyl (C=O) groups is 1. The van der Waals surface area contributed by atoms with Crippen LogP contribution < -0.4 is 19.1 Å². The van der Waals surface area contributed by atoms with Gasteiger partial charge in [0.2, 0.25) is 6.10 Å². The fourth-order valence-electron chi connectivity index (χ4n) is 3.34. The quantitative estimate of drug-likeness (QED) is 0.846. The standard InChI is InChI=1S/C20H22N2O4/c1-24-16-6-4-5-15(13-16)21-9-11-22(12-10-21)20(23)19-14-25-17-7-2-3-8-18(17)26-19/h2-8,13,19H,9-12,14H2,1H3/t19-/m1/s1. The molecule has 1 fully saturated rings. The van der Waals surface area contributed by atoms with Gasteiger partial charge in [0.15, 0.2) is 11.5 Å². The van der Waals surface area contributed by atoms with E-state index in [4.69, 9.17) is 14.2 Å². The summed E-state index contributed by atoms with van der Waals surface area (Å²) in [6.07, 6.45) is -0.576. The minimum absolute atomic E-state index is 0.00945. The molecule has 26 heavy (non-hydrogen) atoms. The average Bonchev–Trinajstić information content (AvgIpc) is 2.73. The maximum atomic E-state index is 12.8. The van der Waals surface area contributed by atoms with E-state index < -0.39 is 6.10 Å². The molecule has 0 radical (unpaired) electrons. The molecule has 2 heterocycles. The van der Waals surface area contributed by atoms with Crippen LogP contribution in [0.1, 0.15) is 0 Å². The van der Waals surface area contributed by atoms with Crippen molar-refractivity contribution in [3.63, 3.8) is 0 Å². The van der Waals surface area contributed by atoms with E-state index in [2.05, 4.69) is 11.0 Å². The zero-order valence-corrected chi connectivity index (χ0v) is 14.8. The predicted octanol–water partition coefficient (Wildman–Crippen LogP) is 2.18. The Morgan fingerprint density at radius 3 is 2.58 bits per heavy atom. The van der Waals surface area contributed by atoms with Crippen molar-refractivity contribution in [1.29, 1.82) is 0 Å². The largest absolute Gasteiger partial charge is 0.497 e. The summed E-state index contributed by atoms with van der Waals surface area (Å²) in [5, 5.41) is 0. The highest BCUT2D eigenvalue weighted by Gasteiger charge is 2.32. The van der Waals surface area contributed by atoms with Gasteiger partial charge in [0.05, 0.1) is 7.11 Å². The summed E-state index contributed by atoms with van der Waals surface area (Å²) in [7, 11) is 1.67. The molecule has 2 aliphatic heterocycles. The molecule has 6 nitrogen and oxygen atoms in total. The van der Waals surface area contributed by atoms with Gasteiger partial charge in [0, 0.05) is 37.9 Å². The van der Waals surface area contributed by atoms with Gasteiger partial charge in [-0.3, -0.25) is 4.79 Å². The zero-order valence-electron chi connectivity index (χ0n) is 14.8. The molecule has 6 heteroatoms. The minimum atomic E-state index is -0.576. The van der Waals surface area contributed by atoms with E-state index >= 15 is 0 Å². The summed E-state index contributed by atoms with van der Waals surface area (Å²) in [6, 6.07) is 15.4. The molecule has 2 aromatic carbocycles. The van der Waals surface area contributed by atoms with Crippen LogP contribution in [0.4, 0.5) is 5.69 Å². The highest BCUT2D eigenvalue weighted by atomic mass is 16.6. The molecule has 0 aromatic heterocycles. The summed E-state index contributed by atoms with van der Waals surface area (Å²) >= 11 is 0. The summed E-state index contributed by atoms with van der Waals surface area (Å²) < 4.78 is 16.8. The third-order valence-corrected chi connectivity index (χ3v) is 4.79. The summed E-state index contributed by atoms with van der Waals surface area (Å²) in [5.41, 5.74) is 1.11. The molecule has 0 bridgehead atoms. The number of carbonyl (C=O) groups excluding carboxylic acids is 1. The Morgan fingerprint density at radius 1 is 1.04 bits per heavy atom. The summed E-state index contributed by atoms with van der Waals surface area (Å²) in [5.74, 6) is 2.16. The molecule has 0 spiro atoms. The molecular formula is C20H22N2O4. The van der Waals surface area contributed by atoms with Gasteiger partial charge < -0.3 is 24.0 Å². The van der Waals surface area contributed by atoms with E-state index in [1.807, 2.05) is 47.4 Å². The lowest BCUT2D eigenvalue weighted by Crippen LogP contribution is -2.54. The molecule has 2 aliphatic rings. The fourth-order valence-corrected chi connectivity index (χ4v) is 3.34. The van der Waals surface area contributed by atoms with Crippen molar-refractivity contribution >= 4 is 11.6 Å². The molecule has 0 unspecified atom stereocenters. The fraction of sp³-hybridized carbons (Fsp3) is 0.350. The normalized spacial score (nSPS) is 19.2. The first-order valence-corrected chi connectivity index (χ1v) is 8.81. The second-order valence-corrected chi connectivity index (χ2v) is 6.38. The van der Waals surface area contributed by atoms with Crippen LogP contribution in [0.2, 0.25) is 0 Å². The first-order valence-electron chi connectivity index (χ1n) is 8.81. The van der Waals surface area contributed by atoms with Crippen molar-refractivity contribution in [3.8, 4) is 17.2 Å². The predicted molar refractivity (Wildman–Crippen MR) is 98.1 cm³/mol. The SMILES string of the molecule is COc1cccc(N2CCN(C(=O)[C@H]3COc4ccccc4O3)CC2)c1. The Bertz CT molecular complexity index is 787. The maximum Gasteiger partial charge on any atom is 0.267 e. The van der Waals surface area contributed by atoms with Crippen molar-refractivity contribution in [3.05, 3.63) is 48.5 Å². The van der Waals surface area contributed by atoms with Gasteiger partial charge >= 0.3 is 0 Å². The van der Waals surface area contributed by atoms with Crippen LogP contribution in [-0.2, 0) is 4.79 Å². The number of piperazine rings is 1. The van der Waals surface area contributed by atoms with Crippen LogP contribution in [0.3, 0.4) is 0 Å². The van der Waals surface area contributed by atoms with Gasteiger partial charge in [-0.05, 0) is 24.3 Å². The molecule has 1 atom stereocenters. The topological polar surface area (TPSA) is 51.2 Å². The number of rotatable bonds is 3. The van der Waals surface area contributed by atoms with Crippen molar-refractivity contribution in [2.45, 2.75) is 6.10 Å². The lowest BCUT2D eigenvalue weighted by molar-refractivity contribution is -0.141. The molecule has 136 valence electrons. The first-order chi connectivity index (χ1) is 12.7. The number of anilines is 1. The summed E-state index contributed by atoms with van der Waals surface area (Å²) in [4.78, 5) is 16.9. The van der Waals surface area contributed by atoms with E-state index in [0.29, 0.717) is 24.6 Å². The van der Waals surface area contributed by atoms with Crippen LogP contribution in [0.25, 0.3) is 0 Å². The number of hydrogen-bond donors (Lipinski definition) is 0.